The molecule has 0 aromatic carbocycles. The summed E-state index contributed by atoms with van der Waals surface area (Å²) in [6.07, 6.45) is 2.10. The molecule has 1 amide bonds. The van der Waals surface area contributed by atoms with Gasteiger partial charge in [0.15, 0.2) is 0 Å². The Morgan fingerprint density at radius 1 is 1.64 bits per heavy atom. The molecule has 0 heterocycles. The van der Waals surface area contributed by atoms with Crippen molar-refractivity contribution in [1.82, 2.24) is 5.32 Å². The molecule has 3 nitrogen and oxygen atoms in total. The number of hydrogen-bond donors (Lipinski definition) is 1. The summed E-state index contributed by atoms with van der Waals surface area (Å²) in [5.41, 5.74) is 0. The second-order valence-corrected chi connectivity index (χ2v) is 4.41. The van der Waals surface area contributed by atoms with Gasteiger partial charge < -0.3 is 5.32 Å². The molecule has 0 aliphatic carbocycles. The molecule has 0 aromatic rings. The van der Waals surface area contributed by atoms with E-state index in [9.17, 15) is 9.00 Å². The highest BCUT2D eigenvalue weighted by Gasteiger charge is 1.98. The average Bonchev–Trinajstić information content (AvgIpc) is 1.87. The third-order valence-corrected chi connectivity index (χ3v) is 2.21. The molecular weight excluding hydrogens is 230 g/mol. The van der Waals surface area contributed by atoms with Crippen LogP contribution in [0.4, 0.5) is 0 Å². The minimum atomic E-state index is -0.812. The molecule has 0 bridgehead atoms. The lowest BCUT2D eigenvalue weighted by atomic mass is 10.4. The van der Waals surface area contributed by atoms with Crippen LogP contribution in [-0.4, -0.2) is 34.0 Å². The third-order valence-electron chi connectivity index (χ3n) is 1.03. The van der Waals surface area contributed by atoms with E-state index in [0.29, 0.717) is 24.0 Å². The fraction of sp³-hybridized carbons (Fsp3) is 0.833. The topological polar surface area (TPSA) is 46.2 Å². The maximum absolute atomic E-state index is 10.8. The predicted molar refractivity (Wildman–Crippen MR) is 50.4 cm³/mol. The van der Waals surface area contributed by atoms with Crippen molar-refractivity contribution in [3.8, 4) is 0 Å². The number of alkyl halides is 1. The summed E-state index contributed by atoms with van der Waals surface area (Å²) < 4.78 is 10.5. The summed E-state index contributed by atoms with van der Waals surface area (Å²) in [4.78, 5) is 10.8. The Balaban J connectivity index is 3.24. The van der Waals surface area contributed by atoms with Crippen LogP contribution in [0.15, 0.2) is 0 Å². The maximum atomic E-state index is 10.8. The first kappa shape index (κ1) is 11.1. The van der Waals surface area contributed by atoms with Gasteiger partial charge in [0.1, 0.15) is 0 Å². The van der Waals surface area contributed by atoms with Crippen molar-refractivity contribution in [2.75, 3.05) is 23.9 Å². The van der Waals surface area contributed by atoms with E-state index in [1.165, 1.54) is 0 Å². The van der Waals surface area contributed by atoms with Crippen molar-refractivity contribution >= 4 is 32.6 Å². The fourth-order valence-electron chi connectivity index (χ4n) is 0.508. The summed E-state index contributed by atoms with van der Waals surface area (Å²) in [6, 6.07) is 0. The van der Waals surface area contributed by atoms with Crippen molar-refractivity contribution in [1.29, 1.82) is 0 Å². The van der Waals surface area contributed by atoms with Gasteiger partial charge in [-0.25, -0.2) is 0 Å². The van der Waals surface area contributed by atoms with Crippen molar-refractivity contribution in [2.45, 2.75) is 6.42 Å². The van der Waals surface area contributed by atoms with E-state index in [1.807, 2.05) is 0 Å². The number of amides is 1. The van der Waals surface area contributed by atoms with Gasteiger partial charge in [-0.3, -0.25) is 9.00 Å². The number of hydrogen-bond acceptors (Lipinski definition) is 2. The first-order valence-electron chi connectivity index (χ1n) is 3.29. The first-order chi connectivity index (χ1) is 5.16. The molecule has 1 atom stereocenters. The Bertz CT molecular complexity index is 152. The van der Waals surface area contributed by atoms with Gasteiger partial charge in [-0.2, -0.15) is 0 Å². The average molecular weight is 242 g/mol. The molecule has 66 valence electrons. The van der Waals surface area contributed by atoms with E-state index in [2.05, 4.69) is 21.2 Å². The smallest absolute Gasteiger partial charge is 0.220 e. The van der Waals surface area contributed by atoms with Crippen LogP contribution in [0.3, 0.4) is 0 Å². The Morgan fingerprint density at radius 3 is 2.73 bits per heavy atom. The summed E-state index contributed by atoms with van der Waals surface area (Å²) >= 11 is 3.15. The van der Waals surface area contributed by atoms with E-state index >= 15 is 0 Å². The van der Waals surface area contributed by atoms with E-state index in [-0.39, 0.29) is 5.91 Å². The summed E-state index contributed by atoms with van der Waals surface area (Å²) in [7, 11) is -0.812. The van der Waals surface area contributed by atoms with Gasteiger partial charge in [0.05, 0.1) is 0 Å². The molecule has 0 saturated carbocycles. The second kappa shape index (κ2) is 6.79. The molecule has 5 heteroatoms. The monoisotopic (exact) mass is 241 g/mol. The highest BCUT2D eigenvalue weighted by atomic mass is 79.9. The van der Waals surface area contributed by atoms with Crippen LogP contribution in [-0.2, 0) is 15.6 Å². The van der Waals surface area contributed by atoms with Gasteiger partial charge in [-0.05, 0) is 0 Å². The zero-order valence-electron chi connectivity index (χ0n) is 6.43. The zero-order valence-corrected chi connectivity index (χ0v) is 8.83. The number of carbonyl (C=O) groups excluding carboxylic acids is 1. The third kappa shape index (κ3) is 8.00. The van der Waals surface area contributed by atoms with E-state index in [4.69, 9.17) is 0 Å². The summed E-state index contributed by atoms with van der Waals surface area (Å²) in [5.74, 6) is 0.543. The van der Waals surface area contributed by atoms with Crippen molar-refractivity contribution < 1.29 is 9.00 Å². The standard InChI is InChI=1S/C6H12BrNO2S/c1-11(10)5-4-8-6(9)2-3-7/h2-5H2,1H3,(H,8,9). The SMILES string of the molecule is CS(=O)CCNC(=O)CCBr. The predicted octanol–water partition coefficient (Wildman–Crippen LogP) is 0.266. The number of halogens is 1. The minimum Gasteiger partial charge on any atom is -0.355 e. The van der Waals surface area contributed by atoms with E-state index < -0.39 is 10.8 Å². The van der Waals surface area contributed by atoms with Gasteiger partial charge in [0.25, 0.3) is 0 Å². The molecule has 1 N–H and O–H groups in total. The quantitative estimate of drug-likeness (QED) is 0.703. The Kier molecular flexibility index (Phi) is 6.85. The van der Waals surface area contributed by atoms with Crippen LogP contribution < -0.4 is 5.32 Å². The molecule has 0 aromatic heterocycles. The Labute approximate surface area is 77.5 Å². The van der Waals surface area contributed by atoms with Gasteiger partial charge in [-0.15, -0.1) is 0 Å². The first-order valence-corrected chi connectivity index (χ1v) is 6.14. The number of nitrogens with one attached hydrogen (secondary N) is 1. The lowest BCUT2D eigenvalue weighted by Gasteiger charge is -2.00. The zero-order chi connectivity index (χ0) is 8.69. The van der Waals surface area contributed by atoms with Crippen molar-refractivity contribution in [2.24, 2.45) is 0 Å². The Hall–Kier alpha value is 0.1000. The highest BCUT2D eigenvalue weighted by molar-refractivity contribution is 9.09. The molecular formula is C6H12BrNO2S. The van der Waals surface area contributed by atoms with Gasteiger partial charge in [0.2, 0.25) is 5.91 Å². The van der Waals surface area contributed by atoms with Gasteiger partial charge >= 0.3 is 0 Å². The van der Waals surface area contributed by atoms with Crippen LogP contribution in [0.2, 0.25) is 0 Å². The van der Waals surface area contributed by atoms with Crippen LogP contribution in [0.1, 0.15) is 6.42 Å². The summed E-state index contributed by atoms with van der Waals surface area (Å²) in [6.45, 7) is 0.509. The molecule has 0 saturated heterocycles. The molecule has 11 heavy (non-hydrogen) atoms. The normalized spacial score (nSPS) is 12.5. The molecule has 0 spiro atoms. The molecule has 0 fully saturated rings. The molecule has 0 radical (unpaired) electrons. The van der Waals surface area contributed by atoms with Crippen LogP contribution in [0.25, 0.3) is 0 Å². The lowest BCUT2D eigenvalue weighted by Crippen LogP contribution is -2.27. The number of rotatable bonds is 5. The second-order valence-electron chi connectivity index (χ2n) is 2.07. The van der Waals surface area contributed by atoms with Gasteiger partial charge in [0, 0.05) is 41.1 Å². The van der Waals surface area contributed by atoms with Crippen molar-refractivity contribution in [3.05, 3.63) is 0 Å². The molecule has 1 unspecified atom stereocenters. The summed E-state index contributed by atoms with van der Waals surface area (Å²) in [5, 5.41) is 3.33. The maximum Gasteiger partial charge on any atom is 0.220 e. The highest BCUT2D eigenvalue weighted by Crippen LogP contribution is 1.86. The van der Waals surface area contributed by atoms with Gasteiger partial charge in [-0.1, -0.05) is 15.9 Å². The van der Waals surface area contributed by atoms with E-state index in [1.54, 1.807) is 6.26 Å². The fourth-order valence-corrected chi connectivity index (χ4v) is 1.26. The molecule has 0 aliphatic heterocycles. The number of carbonyl (C=O) groups is 1. The Morgan fingerprint density at radius 2 is 2.27 bits per heavy atom. The molecule has 0 aliphatic rings. The minimum absolute atomic E-state index is 0.00678. The largest absolute Gasteiger partial charge is 0.355 e. The van der Waals surface area contributed by atoms with Crippen LogP contribution in [0.5, 0.6) is 0 Å². The molecule has 0 rings (SSSR count). The lowest BCUT2D eigenvalue weighted by molar-refractivity contribution is -0.120. The van der Waals surface area contributed by atoms with E-state index in [0.717, 1.165) is 0 Å². The van der Waals surface area contributed by atoms with Crippen LogP contribution >= 0.6 is 15.9 Å². The van der Waals surface area contributed by atoms with Crippen LogP contribution in [0, 0.1) is 0 Å². The van der Waals surface area contributed by atoms with Crippen molar-refractivity contribution in [3.63, 3.8) is 0 Å².